The second-order valence-electron chi connectivity index (χ2n) is 14.6. The van der Waals surface area contributed by atoms with Crippen LogP contribution in [0.5, 0.6) is 11.5 Å². The van der Waals surface area contributed by atoms with Crippen molar-refractivity contribution in [1.82, 2.24) is 0 Å². The van der Waals surface area contributed by atoms with E-state index in [9.17, 15) is 0 Å². The van der Waals surface area contributed by atoms with Crippen LogP contribution in [-0.2, 0) is 27.7 Å². The highest BCUT2D eigenvalue weighted by Gasteiger charge is 2.30. The van der Waals surface area contributed by atoms with Gasteiger partial charge in [0.25, 0.3) is 0 Å². The van der Waals surface area contributed by atoms with E-state index in [2.05, 4.69) is 91.8 Å². The molecule has 4 nitrogen and oxygen atoms in total. The molecule has 2 saturated heterocycles. The maximum atomic E-state index is 6.34. The van der Waals surface area contributed by atoms with Gasteiger partial charge in [0.2, 0.25) is 0 Å². The first kappa shape index (κ1) is 36.2. The summed E-state index contributed by atoms with van der Waals surface area (Å²) in [5.41, 5.74) is 5.30. The number of hydrogen-bond donors (Lipinski definition) is 0. The van der Waals surface area contributed by atoms with Crippen LogP contribution in [0.2, 0.25) is 48.4 Å². The van der Waals surface area contributed by atoms with Gasteiger partial charge in [0.05, 0.1) is 29.4 Å². The fourth-order valence-corrected chi connectivity index (χ4v) is 14.3. The molecule has 2 unspecified atom stereocenters. The van der Waals surface area contributed by atoms with Crippen LogP contribution in [0.15, 0.2) is 36.4 Å². The lowest BCUT2D eigenvalue weighted by atomic mass is 9.76. The highest BCUT2D eigenvalue weighted by Crippen LogP contribution is 2.38. The summed E-state index contributed by atoms with van der Waals surface area (Å²) < 4.78 is 23.6. The van der Waals surface area contributed by atoms with Crippen LogP contribution in [0, 0.1) is 0 Å². The molecule has 2 aliphatic rings. The molecule has 0 N–H and O–H groups in total. The van der Waals surface area contributed by atoms with E-state index in [-0.39, 0.29) is 17.6 Å². The smallest absolute Gasteiger partial charge is 0.122 e. The van der Waals surface area contributed by atoms with Gasteiger partial charge in [-0.2, -0.15) is 0 Å². The quantitative estimate of drug-likeness (QED) is 0.0938. The highest BCUT2D eigenvalue weighted by molar-refractivity contribution is 6.80. The summed E-state index contributed by atoms with van der Waals surface area (Å²) in [5.74, 6) is 2.09. The SMILES string of the molecule is CC[Si](CC)(CC)CCCc1cc(C(C)(C)c2ccc(OCC3CO3)c(CCC[Si](CC)(CC)CC)c2)ccc1OCC1CO1. The van der Waals surface area contributed by atoms with E-state index < -0.39 is 16.1 Å². The lowest BCUT2D eigenvalue weighted by Gasteiger charge is -2.30. The summed E-state index contributed by atoms with van der Waals surface area (Å²) in [7, 11) is -2.30. The molecule has 2 aromatic carbocycles. The Labute approximate surface area is 278 Å². The molecule has 2 aliphatic heterocycles. The Morgan fingerprint density at radius 1 is 0.622 bits per heavy atom. The van der Waals surface area contributed by atoms with Gasteiger partial charge in [-0.1, -0.05) is 141 Å². The lowest BCUT2D eigenvalue weighted by molar-refractivity contribution is 0.260. The number of benzene rings is 2. The first-order valence-corrected chi connectivity index (χ1v) is 24.1. The summed E-state index contributed by atoms with van der Waals surface area (Å²) in [5, 5.41) is 0. The normalized spacial score (nSPS) is 18.2. The zero-order chi connectivity index (χ0) is 32.5. The summed E-state index contributed by atoms with van der Waals surface area (Å²) in [6.45, 7) is 22.3. The molecule has 2 atom stereocenters. The molecule has 45 heavy (non-hydrogen) atoms. The second kappa shape index (κ2) is 16.5. The molecule has 2 heterocycles. The van der Waals surface area contributed by atoms with Crippen LogP contribution in [0.1, 0.15) is 90.5 Å². The summed E-state index contributed by atoms with van der Waals surface area (Å²) >= 11 is 0. The maximum Gasteiger partial charge on any atom is 0.122 e. The van der Waals surface area contributed by atoms with Crippen LogP contribution in [0.3, 0.4) is 0 Å². The standard InChI is InChI=1S/C39H64O4Si2/c1-9-44(10-2,11-3)23-15-17-31-25-33(19-21-37(31)42-29-35-27-40-35)39(7,8)34-20-22-38(43-30-36-28-41-36)32(26-34)18-16-24-45(12-4,13-5)14-6/h19-22,25-26,35-36H,9-18,23-24,27-30H2,1-8H3. The number of rotatable bonds is 22. The fourth-order valence-electron chi connectivity index (χ4n) is 7.34. The van der Waals surface area contributed by atoms with Crippen molar-refractivity contribution in [2.24, 2.45) is 0 Å². The van der Waals surface area contributed by atoms with Gasteiger partial charge in [-0.05, 0) is 47.2 Å². The van der Waals surface area contributed by atoms with Crippen LogP contribution < -0.4 is 9.47 Å². The Morgan fingerprint density at radius 2 is 0.978 bits per heavy atom. The van der Waals surface area contributed by atoms with Gasteiger partial charge in [-0.15, -0.1) is 0 Å². The van der Waals surface area contributed by atoms with Crippen molar-refractivity contribution in [3.8, 4) is 11.5 Å². The summed E-state index contributed by atoms with van der Waals surface area (Å²) in [4.78, 5) is 0. The third kappa shape index (κ3) is 9.71. The number of ether oxygens (including phenoxy) is 4. The van der Waals surface area contributed by atoms with E-state index in [0.29, 0.717) is 13.2 Å². The first-order valence-electron chi connectivity index (χ1n) is 18.4. The molecule has 0 aliphatic carbocycles. The average Bonchev–Trinajstić information content (AvgIpc) is 4.00. The van der Waals surface area contributed by atoms with E-state index in [1.54, 1.807) is 0 Å². The topological polar surface area (TPSA) is 43.5 Å². The van der Waals surface area contributed by atoms with Crippen molar-refractivity contribution in [2.45, 2.75) is 147 Å². The Hall–Kier alpha value is -1.61. The Balaban J connectivity index is 1.57. The van der Waals surface area contributed by atoms with Crippen molar-refractivity contribution < 1.29 is 18.9 Å². The molecular formula is C39H64O4Si2. The molecular weight excluding hydrogens is 589 g/mol. The molecule has 4 rings (SSSR count). The monoisotopic (exact) mass is 652 g/mol. The van der Waals surface area contributed by atoms with Gasteiger partial charge in [0.15, 0.2) is 0 Å². The number of hydrogen-bond acceptors (Lipinski definition) is 4. The predicted molar refractivity (Wildman–Crippen MR) is 196 cm³/mol. The largest absolute Gasteiger partial charge is 0.491 e. The summed E-state index contributed by atoms with van der Waals surface area (Å²) in [6, 6.07) is 25.1. The van der Waals surface area contributed by atoms with Crippen molar-refractivity contribution in [3.05, 3.63) is 58.7 Å². The third-order valence-corrected chi connectivity index (χ3v) is 23.9. The zero-order valence-electron chi connectivity index (χ0n) is 30.1. The zero-order valence-corrected chi connectivity index (χ0v) is 32.1. The van der Waals surface area contributed by atoms with Gasteiger partial charge in [-0.3, -0.25) is 0 Å². The van der Waals surface area contributed by atoms with Gasteiger partial charge in [0, 0.05) is 5.41 Å². The first-order chi connectivity index (χ1) is 21.7. The van der Waals surface area contributed by atoms with Crippen molar-refractivity contribution in [1.29, 1.82) is 0 Å². The summed E-state index contributed by atoms with van der Waals surface area (Å²) in [6.07, 6.45) is 5.19. The molecule has 0 spiro atoms. The number of aryl methyl sites for hydroxylation is 2. The van der Waals surface area contributed by atoms with Crippen LogP contribution >= 0.6 is 0 Å². The molecule has 0 aromatic heterocycles. The minimum absolute atomic E-state index is 0.136. The molecule has 0 amide bonds. The minimum Gasteiger partial charge on any atom is -0.491 e. The Kier molecular flexibility index (Phi) is 13.3. The van der Waals surface area contributed by atoms with Crippen molar-refractivity contribution >= 4 is 16.1 Å². The second-order valence-corrected chi connectivity index (χ2v) is 25.9. The van der Waals surface area contributed by atoms with E-state index >= 15 is 0 Å². The lowest BCUT2D eigenvalue weighted by Crippen LogP contribution is -2.31. The van der Waals surface area contributed by atoms with Crippen molar-refractivity contribution in [2.75, 3.05) is 26.4 Å². The molecule has 2 fully saturated rings. The maximum absolute atomic E-state index is 6.34. The van der Waals surface area contributed by atoms with Crippen LogP contribution in [0.25, 0.3) is 0 Å². The van der Waals surface area contributed by atoms with Crippen LogP contribution in [0.4, 0.5) is 0 Å². The molecule has 6 heteroatoms. The van der Waals surface area contributed by atoms with Gasteiger partial charge in [0.1, 0.15) is 36.9 Å². The fraction of sp³-hybridized carbons (Fsp3) is 0.692. The van der Waals surface area contributed by atoms with E-state index in [1.165, 1.54) is 83.4 Å². The molecule has 2 aromatic rings. The molecule has 0 radical (unpaired) electrons. The Morgan fingerprint density at radius 3 is 1.29 bits per heavy atom. The third-order valence-electron chi connectivity index (χ3n) is 12.0. The van der Waals surface area contributed by atoms with E-state index in [1.807, 2.05) is 0 Å². The van der Waals surface area contributed by atoms with Gasteiger partial charge >= 0.3 is 0 Å². The van der Waals surface area contributed by atoms with Gasteiger partial charge in [-0.25, -0.2) is 0 Å². The molecule has 252 valence electrons. The Bertz CT molecular complexity index is 1090. The predicted octanol–water partition coefficient (Wildman–Crippen LogP) is 10.4. The van der Waals surface area contributed by atoms with E-state index in [4.69, 9.17) is 18.9 Å². The van der Waals surface area contributed by atoms with Crippen LogP contribution in [-0.4, -0.2) is 54.8 Å². The highest BCUT2D eigenvalue weighted by atomic mass is 28.3. The average molecular weight is 653 g/mol. The van der Waals surface area contributed by atoms with Crippen molar-refractivity contribution in [3.63, 3.8) is 0 Å². The number of epoxide rings is 2. The molecule has 0 bridgehead atoms. The molecule has 0 saturated carbocycles. The minimum atomic E-state index is -1.15. The van der Waals surface area contributed by atoms with E-state index in [0.717, 1.165) is 37.6 Å². The van der Waals surface area contributed by atoms with Gasteiger partial charge < -0.3 is 18.9 Å².